The van der Waals surface area contributed by atoms with E-state index in [0.29, 0.717) is 0 Å². The first-order valence-corrected chi connectivity index (χ1v) is 25.7. The molecule has 0 atom stereocenters. The summed E-state index contributed by atoms with van der Waals surface area (Å²) in [6.45, 7) is 4.75. The standard InChI is InChI=1S/C71H50N2/c1-71(2)63-28-10-9-26-56(63)57-36-33-47(42-64(57)71)46-23-15-24-52(39-46)69-59-37-34-54(73-67-31-13-6-20-50(67)41-51-21-7-14-32-68(51)73)44-62(59)70(58-27-16-22-45-17-3-8-25-55(45)58)60-38-35-53(43-61(60)69)72-65-29-11-4-18-48(65)40-49-19-5-12-30-66(49)72/h3-39,42-44H,40-41H2,1-2H3. The van der Waals surface area contributed by atoms with E-state index in [1.54, 1.807) is 0 Å². The van der Waals surface area contributed by atoms with Gasteiger partial charge in [0, 0.05) is 52.4 Å². The molecule has 0 N–H and O–H groups in total. The molecule has 0 fully saturated rings. The molecule has 2 heteroatoms. The molecule has 0 saturated carbocycles. The SMILES string of the molecule is CC1(C)c2ccccc2-c2ccc(-c3cccc(-c4c5cc(N6c7ccccc7Cc7ccccc76)ccc5c(-c5cccc6ccccc56)c5cc(N6c7ccccc7Cc7ccccc76)ccc45)c3)cc21. The smallest absolute Gasteiger partial charge is 0.0497 e. The van der Waals surface area contributed by atoms with Crippen molar-refractivity contribution in [2.75, 3.05) is 9.80 Å². The molecule has 0 aromatic heterocycles. The predicted octanol–water partition coefficient (Wildman–Crippen LogP) is 19.2. The molecule has 15 rings (SSSR count). The van der Waals surface area contributed by atoms with Crippen LogP contribution in [0.1, 0.15) is 47.2 Å². The van der Waals surface area contributed by atoms with Crippen LogP contribution in [0.15, 0.2) is 243 Å². The van der Waals surface area contributed by atoms with Gasteiger partial charge in [0.25, 0.3) is 0 Å². The second-order valence-corrected chi connectivity index (χ2v) is 20.8. The van der Waals surface area contributed by atoms with Crippen molar-refractivity contribution in [1.82, 2.24) is 0 Å². The van der Waals surface area contributed by atoms with Gasteiger partial charge in [-0.1, -0.05) is 196 Å². The van der Waals surface area contributed by atoms with Crippen LogP contribution in [0.2, 0.25) is 0 Å². The van der Waals surface area contributed by atoms with E-state index >= 15 is 0 Å². The van der Waals surface area contributed by atoms with Crippen LogP contribution in [0.5, 0.6) is 0 Å². The highest BCUT2D eigenvalue weighted by atomic mass is 15.2. The van der Waals surface area contributed by atoms with Gasteiger partial charge in [0.05, 0.1) is 0 Å². The maximum atomic E-state index is 2.49. The molecular weight excluding hydrogens is 881 g/mol. The van der Waals surface area contributed by atoms with Crippen molar-refractivity contribution < 1.29 is 0 Å². The molecule has 2 heterocycles. The van der Waals surface area contributed by atoms with Gasteiger partial charge in [-0.25, -0.2) is 0 Å². The zero-order valence-corrected chi connectivity index (χ0v) is 40.9. The normalized spacial score (nSPS) is 13.8. The molecule has 1 aliphatic carbocycles. The Morgan fingerprint density at radius 2 is 0.767 bits per heavy atom. The minimum atomic E-state index is -0.0986. The van der Waals surface area contributed by atoms with Gasteiger partial charge >= 0.3 is 0 Å². The lowest BCUT2D eigenvalue weighted by molar-refractivity contribution is 0.660. The molecule has 2 aliphatic heterocycles. The molecule has 0 radical (unpaired) electrons. The zero-order valence-electron chi connectivity index (χ0n) is 40.9. The molecule has 12 aromatic rings. The number of fused-ring (bicyclic) bond motifs is 10. The minimum Gasteiger partial charge on any atom is -0.310 e. The number of nitrogens with zero attached hydrogens (tertiary/aromatic N) is 2. The minimum absolute atomic E-state index is 0.0986. The van der Waals surface area contributed by atoms with Crippen LogP contribution >= 0.6 is 0 Å². The highest BCUT2D eigenvalue weighted by molar-refractivity contribution is 6.25. The molecule has 0 amide bonds. The second-order valence-electron chi connectivity index (χ2n) is 20.8. The lowest BCUT2D eigenvalue weighted by atomic mass is 9.81. The second kappa shape index (κ2) is 16.0. The molecule has 0 spiro atoms. The summed E-state index contributed by atoms with van der Waals surface area (Å²) in [6, 6.07) is 91.4. The summed E-state index contributed by atoms with van der Waals surface area (Å²) < 4.78 is 0. The molecule has 344 valence electrons. The Bertz CT molecular complexity index is 4170. The van der Waals surface area contributed by atoms with Gasteiger partial charge in [-0.05, 0) is 171 Å². The average molecular weight is 931 g/mol. The van der Waals surface area contributed by atoms with Crippen LogP contribution in [-0.4, -0.2) is 0 Å². The molecule has 0 saturated heterocycles. The van der Waals surface area contributed by atoms with E-state index in [2.05, 4.69) is 266 Å². The van der Waals surface area contributed by atoms with E-state index in [4.69, 9.17) is 0 Å². The summed E-state index contributed by atoms with van der Waals surface area (Å²) in [4.78, 5) is 4.99. The fraction of sp³-hybridized carbons (Fsp3) is 0.0704. The summed E-state index contributed by atoms with van der Waals surface area (Å²) in [6.07, 6.45) is 1.82. The van der Waals surface area contributed by atoms with Gasteiger partial charge in [-0.3, -0.25) is 0 Å². The number of rotatable bonds is 5. The van der Waals surface area contributed by atoms with Gasteiger partial charge in [0.1, 0.15) is 0 Å². The van der Waals surface area contributed by atoms with Crippen LogP contribution in [0.3, 0.4) is 0 Å². The predicted molar refractivity (Wildman–Crippen MR) is 308 cm³/mol. The maximum absolute atomic E-state index is 2.49. The van der Waals surface area contributed by atoms with Gasteiger partial charge in [-0.2, -0.15) is 0 Å². The lowest BCUT2D eigenvalue weighted by Crippen LogP contribution is -2.18. The van der Waals surface area contributed by atoms with E-state index in [1.165, 1.54) is 133 Å². The number of benzene rings is 12. The van der Waals surface area contributed by atoms with E-state index < -0.39 is 0 Å². The summed E-state index contributed by atoms with van der Waals surface area (Å²) in [5.74, 6) is 0. The van der Waals surface area contributed by atoms with Crippen molar-refractivity contribution in [3.05, 3.63) is 276 Å². The molecule has 3 aliphatic rings. The number of hydrogen-bond donors (Lipinski definition) is 0. The summed E-state index contributed by atoms with van der Waals surface area (Å²) in [5, 5.41) is 7.36. The summed E-state index contributed by atoms with van der Waals surface area (Å²) in [7, 11) is 0. The molecule has 0 unspecified atom stereocenters. The quantitative estimate of drug-likeness (QED) is 0.159. The largest absolute Gasteiger partial charge is 0.310 e. The highest BCUT2D eigenvalue weighted by Crippen LogP contribution is 2.53. The Balaban J connectivity index is 1.03. The molecule has 12 aromatic carbocycles. The molecule has 2 nitrogen and oxygen atoms in total. The van der Waals surface area contributed by atoms with Crippen molar-refractivity contribution in [3.63, 3.8) is 0 Å². The van der Waals surface area contributed by atoms with Crippen LogP contribution in [0.4, 0.5) is 34.1 Å². The first kappa shape index (κ1) is 41.8. The summed E-state index contributed by atoms with van der Waals surface area (Å²) in [5.41, 5.74) is 25.2. The Morgan fingerprint density at radius 1 is 0.301 bits per heavy atom. The van der Waals surface area contributed by atoms with Crippen molar-refractivity contribution >= 4 is 66.4 Å². The van der Waals surface area contributed by atoms with E-state index in [-0.39, 0.29) is 5.41 Å². The van der Waals surface area contributed by atoms with Crippen molar-refractivity contribution in [2.24, 2.45) is 0 Å². The van der Waals surface area contributed by atoms with Gasteiger partial charge in [0.2, 0.25) is 0 Å². The Kier molecular flexibility index (Phi) is 9.16. The Hall–Kier alpha value is -8.98. The van der Waals surface area contributed by atoms with Gasteiger partial charge in [-0.15, -0.1) is 0 Å². The van der Waals surface area contributed by atoms with Gasteiger partial charge in [0.15, 0.2) is 0 Å². The Morgan fingerprint density at radius 3 is 1.41 bits per heavy atom. The number of para-hydroxylation sites is 4. The van der Waals surface area contributed by atoms with E-state index in [1.807, 2.05) is 0 Å². The third kappa shape index (κ3) is 6.36. The molecule has 0 bridgehead atoms. The monoisotopic (exact) mass is 930 g/mol. The fourth-order valence-electron chi connectivity index (χ4n) is 13.0. The highest BCUT2D eigenvalue weighted by Gasteiger charge is 2.35. The number of hydrogen-bond acceptors (Lipinski definition) is 2. The topological polar surface area (TPSA) is 6.48 Å². The van der Waals surface area contributed by atoms with Crippen molar-refractivity contribution in [3.8, 4) is 44.5 Å². The first-order valence-electron chi connectivity index (χ1n) is 25.7. The Labute approximate surface area is 426 Å². The van der Waals surface area contributed by atoms with Crippen LogP contribution in [-0.2, 0) is 18.3 Å². The van der Waals surface area contributed by atoms with Gasteiger partial charge < -0.3 is 9.80 Å². The lowest BCUT2D eigenvalue weighted by Gasteiger charge is -2.34. The zero-order chi connectivity index (χ0) is 48.4. The third-order valence-corrected chi connectivity index (χ3v) is 16.4. The van der Waals surface area contributed by atoms with Crippen LogP contribution < -0.4 is 9.80 Å². The molecule has 73 heavy (non-hydrogen) atoms. The third-order valence-electron chi connectivity index (χ3n) is 16.4. The van der Waals surface area contributed by atoms with Crippen LogP contribution in [0, 0.1) is 0 Å². The van der Waals surface area contributed by atoms with E-state index in [0.717, 1.165) is 24.2 Å². The maximum Gasteiger partial charge on any atom is 0.0497 e. The fourth-order valence-corrected chi connectivity index (χ4v) is 13.0. The van der Waals surface area contributed by atoms with E-state index in [9.17, 15) is 0 Å². The summed E-state index contributed by atoms with van der Waals surface area (Å²) >= 11 is 0. The van der Waals surface area contributed by atoms with Crippen molar-refractivity contribution in [1.29, 1.82) is 0 Å². The van der Waals surface area contributed by atoms with Crippen LogP contribution in [0.25, 0.3) is 76.8 Å². The molecular formula is C71H50N2. The average Bonchev–Trinajstić information content (AvgIpc) is 3.69. The number of anilines is 6. The van der Waals surface area contributed by atoms with Crippen molar-refractivity contribution in [2.45, 2.75) is 32.1 Å². The first-order chi connectivity index (χ1) is 36.0.